The van der Waals surface area contributed by atoms with Gasteiger partial charge >= 0.3 is 12.1 Å². The number of carbonyl (C=O) groups is 4. The van der Waals surface area contributed by atoms with Crippen molar-refractivity contribution in [2.75, 3.05) is 24.5 Å². The lowest BCUT2D eigenvalue weighted by Gasteiger charge is -2.40. The summed E-state index contributed by atoms with van der Waals surface area (Å²) in [6.45, 7) is 9.26. The van der Waals surface area contributed by atoms with Crippen molar-refractivity contribution < 1.29 is 29.0 Å². The lowest BCUT2D eigenvalue weighted by Crippen LogP contribution is -2.51. The smallest absolute Gasteiger partial charge is 0.410 e. The molecule has 3 aliphatic rings. The molecule has 1 saturated carbocycles. The summed E-state index contributed by atoms with van der Waals surface area (Å²) in [5, 5.41) is 12.7. The third-order valence-corrected chi connectivity index (χ3v) is 8.65. The zero-order valence-corrected chi connectivity index (χ0v) is 24.1. The van der Waals surface area contributed by atoms with Crippen molar-refractivity contribution in [3.05, 3.63) is 15.8 Å². The summed E-state index contributed by atoms with van der Waals surface area (Å²) in [6.07, 6.45) is 3.78. The van der Waals surface area contributed by atoms with Gasteiger partial charge < -0.3 is 25.0 Å². The molecule has 1 aliphatic carbocycles. The van der Waals surface area contributed by atoms with Gasteiger partial charge in [0.05, 0.1) is 23.5 Å². The van der Waals surface area contributed by atoms with Crippen LogP contribution in [-0.2, 0) is 14.3 Å². The van der Waals surface area contributed by atoms with Crippen molar-refractivity contribution in [1.29, 1.82) is 0 Å². The average Bonchev–Trinajstić information content (AvgIpc) is 3.49. The molecule has 2 aliphatic heterocycles. The van der Waals surface area contributed by atoms with Gasteiger partial charge in [0.25, 0.3) is 0 Å². The Bertz CT molecular complexity index is 1160. The number of aromatic carboxylic acids is 1. The molecule has 0 radical (unpaired) electrons. The van der Waals surface area contributed by atoms with Crippen LogP contribution in [0.1, 0.15) is 87.2 Å². The van der Waals surface area contributed by atoms with E-state index in [0.29, 0.717) is 49.0 Å². The molecule has 1 unspecified atom stereocenters. The minimum Gasteiger partial charge on any atom is -0.477 e. The second kappa shape index (κ2) is 12.0. The zero-order chi connectivity index (χ0) is 28.3. The van der Waals surface area contributed by atoms with Gasteiger partial charge in [-0.3, -0.25) is 9.59 Å². The maximum absolute atomic E-state index is 14.0. The highest BCUT2D eigenvalue weighted by atomic mass is 32.1. The molecule has 0 bridgehead atoms. The molecule has 0 spiro atoms. The molecule has 10 heteroatoms. The number of anilines is 1. The zero-order valence-electron chi connectivity index (χ0n) is 23.2. The number of hydrogen-bond acceptors (Lipinski definition) is 6. The van der Waals surface area contributed by atoms with Gasteiger partial charge in [0.2, 0.25) is 11.8 Å². The average molecular weight is 558 g/mol. The van der Waals surface area contributed by atoms with Crippen LogP contribution in [0.15, 0.2) is 6.07 Å². The number of nitrogens with zero attached hydrogens (tertiary/aromatic N) is 2. The molecular formula is C29H39N3O6S. The number of likely N-dealkylation sites (tertiary alicyclic amines) is 1. The number of carbonyl (C=O) groups excluding carboxylic acids is 3. The van der Waals surface area contributed by atoms with E-state index < -0.39 is 18.2 Å². The Balaban J connectivity index is 1.57. The molecule has 2 saturated heterocycles. The lowest BCUT2D eigenvalue weighted by molar-refractivity contribution is -0.124. The van der Waals surface area contributed by atoms with Gasteiger partial charge in [-0.15, -0.1) is 11.3 Å². The van der Waals surface area contributed by atoms with E-state index >= 15 is 0 Å². The quantitative estimate of drug-likeness (QED) is 0.516. The second-order valence-corrected chi connectivity index (χ2v) is 13.1. The van der Waals surface area contributed by atoms with Gasteiger partial charge in [-0.2, -0.15) is 0 Å². The highest BCUT2D eigenvalue weighted by Gasteiger charge is 2.38. The summed E-state index contributed by atoms with van der Waals surface area (Å²) >= 11 is 1.10. The van der Waals surface area contributed by atoms with Gasteiger partial charge in [0, 0.05) is 30.5 Å². The molecule has 3 heterocycles. The topological polar surface area (TPSA) is 116 Å². The summed E-state index contributed by atoms with van der Waals surface area (Å²) in [5.74, 6) is 5.47. The van der Waals surface area contributed by atoms with E-state index in [-0.39, 0.29) is 40.5 Å². The third kappa shape index (κ3) is 7.33. The summed E-state index contributed by atoms with van der Waals surface area (Å²) in [6, 6.07) is 1.51. The van der Waals surface area contributed by atoms with Gasteiger partial charge in [0.1, 0.15) is 11.0 Å². The van der Waals surface area contributed by atoms with E-state index in [1.807, 2.05) is 20.8 Å². The molecule has 3 amide bonds. The first-order chi connectivity index (χ1) is 18.4. The maximum Gasteiger partial charge on any atom is 0.410 e. The van der Waals surface area contributed by atoms with E-state index in [4.69, 9.17) is 4.74 Å². The molecule has 2 N–H and O–H groups in total. The number of hydrogen-bond donors (Lipinski definition) is 2. The van der Waals surface area contributed by atoms with Crippen molar-refractivity contribution in [2.45, 2.75) is 84.8 Å². The predicted octanol–water partition coefficient (Wildman–Crippen LogP) is 4.49. The highest BCUT2D eigenvalue weighted by molar-refractivity contribution is 7.15. The number of carboxylic acids is 1. The van der Waals surface area contributed by atoms with E-state index in [1.54, 1.807) is 15.9 Å². The van der Waals surface area contributed by atoms with Crippen molar-refractivity contribution >= 4 is 40.9 Å². The first kappa shape index (κ1) is 28.9. The normalized spacial score (nSPS) is 23.9. The van der Waals surface area contributed by atoms with E-state index in [0.717, 1.165) is 37.0 Å². The Labute approximate surface area is 234 Å². The van der Waals surface area contributed by atoms with Crippen LogP contribution in [0.3, 0.4) is 0 Å². The largest absolute Gasteiger partial charge is 0.477 e. The second-order valence-electron chi connectivity index (χ2n) is 12.0. The van der Waals surface area contributed by atoms with Crippen LogP contribution in [0, 0.1) is 29.1 Å². The van der Waals surface area contributed by atoms with Gasteiger partial charge in [-0.25, -0.2) is 9.59 Å². The Morgan fingerprint density at radius 3 is 2.36 bits per heavy atom. The molecule has 1 aromatic rings. The van der Waals surface area contributed by atoms with Crippen molar-refractivity contribution in [3.8, 4) is 11.8 Å². The molecule has 9 nitrogen and oxygen atoms in total. The fraction of sp³-hybridized carbons (Fsp3) is 0.655. The van der Waals surface area contributed by atoms with Crippen LogP contribution < -0.4 is 10.2 Å². The number of amides is 3. The highest BCUT2D eigenvalue weighted by Crippen LogP contribution is 2.38. The number of nitrogens with one attached hydrogen (secondary N) is 1. The number of piperidine rings is 1. The molecule has 1 atom stereocenters. The van der Waals surface area contributed by atoms with Crippen LogP contribution in [0.2, 0.25) is 0 Å². The predicted molar refractivity (Wildman–Crippen MR) is 149 cm³/mol. The summed E-state index contributed by atoms with van der Waals surface area (Å²) in [5.41, 5.74) is 0.163. The third-order valence-electron chi connectivity index (χ3n) is 7.62. The van der Waals surface area contributed by atoms with Crippen LogP contribution in [0.5, 0.6) is 0 Å². The van der Waals surface area contributed by atoms with Crippen molar-refractivity contribution in [3.63, 3.8) is 0 Å². The lowest BCUT2D eigenvalue weighted by atomic mass is 9.82. The first-order valence-electron chi connectivity index (χ1n) is 13.9. The van der Waals surface area contributed by atoms with Crippen LogP contribution in [-0.4, -0.2) is 65.7 Å². The van der Waals surface area contributed by atoms with Gasteiger partial charge in [0.15, 0.2) is 0 Å². The van der Waals surface area contributed by atoms with E-state index in [2.05, 4.69) is 24.1 Å². The minimum absolute atomic E-state index is 0.0332. The number of carboxylic acid groups (broad SMARTS) is 1. The fourth-order valence-corrected chi connectivity index (χ4v) is 6.25. The monoisotopic (exact) mass is 557 g/mol. The standard InChI is InChI=1S/C29H39N3O6S/c1-18-5-7-19(8-6-18)26(34)32(23-16-22(9-12-29(2,3)4)39-25(23)27(35)36)20-10-13-31(14-11-20)28(37)38-21-15-24(33)30-17-21/h16,18-21H,5-8,10-11,13-15,17H2,1-4H3,(H,30,33)(H,35,36). The van der Waals surface area contributed by atoms with Gasteiger partial charge in [-0.1, -0.05) is 18.8 Å². The fourth-order valence-electron chi connectivity index (χ4n) is 5.41. The Hall–Kier alpha value is -3.06. The van der Waals surface area contributed by atoms with E-state index in [1.165, 1.54) is 0 Å². The van der Waals surface area contributed by atoms with Gasteiger partial charge in [-0.05, 0) is 71.3 Å². The van der Waals surface area contributed by atoms with Crippen molar-refractivity contribution in [2.24, 2.45) is 17.3 Å². The molecule has 0 aromatic carbocycles. The number of ether oxygens (including phenoxy) is 1. The number of thiophene rings is 1. The van der Waals surface area contributed by atoms with Crippen molar-refractivity contribution in [1.82, 2.24) is 10.2 Å². The van der Waals surface area contributed by atoms with E-state index in [9.17, 15) is 24.3 Å². The molecular weight excluding hydrogens is 518 g/mol. The maximum atomic E-state index is 14.0. The van der Waals surface area contributed by atoms with Crippen LogP contribution in [0.4, 0.5) is 10.5 Å². The Morgan fingerprint density at radius 2 is 1.79 bits per heavy atom. The molecule has 39 heavy (non-hydrogen) atoms. The number of rotatable bonds is 5. The van der Waals surface area contributed by atoms with Crippen LogP contribution >= 0.6 is 11.3 Å². The summed E-state index contributed by atoms with van der Waals surface area (Å²) < 4.78 is 5.49. The SMILES string of the molecule is CC1CCC(C(=O)N(c2cc(C#CC(C)(C)C)sc2C(=O)O)C2CCN(C(=O)OC3CNC(=O)C3)CC2)CC1. The summed E-state index contributed by atoms with van der Waals surface area (Å²) in [7, 11) is 0. The molecule has 4 rings (SSSR count). The molecule has 3 fully saturated rings. The summed E-state index contributed by atoms with van der Waals surface area (Å²) in [4.78, 5) is 54.6. The first-order valence-corrected chi connectivity index (χ1v) is 14.7. The molecule has 1 aromatic heterocycles. The minimum atomic E-state index is -1.07. The van der Waals surface area contributed by atoms with Crippen LogP contribution in [0.25, 0.3) is 0 Å². The Morgan fingerprint density at radius 1 is 1.13 bits per heavy atom. The molecule has 212 valence electrons. The Kier molecular flexibility index (Phi) is 8.90.